The molecule has 5 atom stereocenters. The van der Waals surface area contributed by atoms with Crippen LogP contribution in [0.15, 0.2) is 0 Å². The molecule has 2 fully saturated rings. The van der Waals surface area contributed by atoms with E-state index in [0.29, 0.717) is 13.0 Å². The van der Waals surface area contributed by atoms with Crippen LogP contribution in [0.2, 0.25) is 0 Å². The third-order valence-corrected chi connectivity index (χ3v) is 6.76. The molecule has 10 nitrogen and oxygen atoms in total. The molecule has 33 heavy (non-hydrogen) atoms. The van der Waals surface area contributed by atoms with Crippen LogP contribution in [0.5, 0.6) is 0 Å². The number of nitrogens with zero attached hydrogens (tertiary/aromatic N) is 1. The molecule has 1 aliphatic carbocycles. The summed E-state index contributed by atoms with van der Waals surface area (Å²) < 4.78 is 5.13. The molecule has 2 aliphatic rings. The van der Waals surface area contributed by atoms with Gasteiger partial charge in [0.15, 0.2) is 0 Å². The normalized spacial score (nSPS) is 24.6. The number of hydrogen-bond donors (Lipinski definition) is 3. The van der Waals surface area contributed by atoms with Crippen molar-refractivity contribution in [3.05, 3.63) is 0 Å². The molecule has 0 aromatic heterocycles. The van der Waals surface area contributed by atoms with Crippen molar-refractivity contribution in [2.45, 2.75) is 85.5 Å². The number of ether oxygens (including phenoxy) is 1. The molecule has 0 aromatic carbocycles. The van der Waals surface area contributed by atoms with Crippen molar-refractivity contribution in [2.75, 3.05) is 6.54 Å². The maximum atomic E-state index is 13.5. The summed E-state index contributed by atoms with van der Waals surface area (Å²) in [5.41, 5.74) is 5.01. The monoisotopic (exact) mass is 466 g/mol. The van der Waals surface area contributed by atoms with Crippen LogP contribution >= 0.6 is 0 Å². The Morgan fingerprint density at radius 3 is 2.18 bits per heavy atom. The number of carbonyl (C=O) groups excluding carboxylic acids is 5. The van der Waals surface area contributed by atoms with Crippen molar-refractivity contribution in [1.82, 2.24) is 15.5 Å². The van der Waals surface area contributed by atoms with Gasteiger partial charge in [0.05, 0.1) is 12.1 Å². The predicted octanol–water partition coefficient (Wildman–Crippen LogP) is 0.968. The summed E-state index contributed by atoms with van der Waals surface area (Å²) >= 11 is 0. The lowest BCUT2D eigenvalue weighted by atomic mass is 9.97. The number of rotatable bonds is 10. The average molecular weight is 467 g/mol. The van der Waals surface area contributed by atoms with Gasteiger partial charge < -0.3 is 26.0 Å². The zero-order chi connectivity index (χ0) is 25.2. The van der Waals surface area contributed by atoms with Crippen LogP contribution in [0.3, 0.4) is 0 Å². The largest absolute Gasteiger partial charge is 0.447 e. The highest BCUT2D eigenvalue weighted by molar-refractivity contribution is 6.37. The summed E-state index contributed by atoms with van der Waals surface area (Å²) in [5, 5.41) is 5.29. The number of nitrogens with two attached hydrogens (primary N) is 1. The molecular weight excluding hydrogens is 428 g/mol. The van der Waals surface area contributed by atoms with Crippen molar-refractivity contribution in [3.63, 3.8) is 0 Å². The minimum atomic E-state index is -1.11. The van der Waals surface area contributed by atoms with Crippen LogP contribution in [0.25, 0.3) is 0 Å². The number of fused-ring (bicyclic) bond motifs is 1. The van der Waals surface area contributed by atoms with Crippen LogP contribution in [-0.4, -0.2) is 65.3 Å². The number of carbonyl (C=O) groups is 5. The van der Waals surface area contributed by atoms with E-state index < -0.39 is 41.8 Å². The van der Waals surface area contributed by atoms with E-state index >= 15 is 0 Å². The van der Waals surface area contributed by atoms with Gasteiger partial charge in [0.25, 0.3) is 5.91 Å². The van der Waals surface area contributed by atoms with E-state index in [9.17, 15) is 24.0 Å². The van der Waals surface area contributed by atoms with Gasteiger partial charge in [0.2, 0.25) is 17.6 Å². The number of Topliss-reactive ketones (excluding diaryl/α,β-unsaturated/α-hetero) is 1. The predicted molar refractivity (Wildman–Crippen MR) is 121 cm³/mol. The van der Waals surface area contributed by atoms with Crippen LogP contribution in [-0.2, 0) is 23.9 Å². The number of ketones is 1. The fourth-order valence-electron chi connectivity index (χ4n) is 4.87. The third kappa shape index (κ3) is 5.65. The van der Waals surface area contributed by atoms with Crippen LogP contribution in [0, 0.1) is 23.2 Å². The Balaban J connectivity index is 2.26. The van der Waals surface area contributed by atoms with Gasteiger partial charge in [-0.15, -0.1) is 0 Å². The molecule has 0 spiro atoms. The number of alkyl carbamates (subject to hydrolysis) is 1. The molecule has 4 N–H and O–H groups in total. The van der Waals surface area contributed by atoms with E-state index in [0.717, 1.165) is 0 Å². The van der Waals surface area contributed by atoms with Crippen LogP contribution < -0.4 is 16.4 Å². The maximum absolute atomic E-state index is 13.5. The molecule has 1 saturated carbocycles. The molecule has 4 amide bonds. The van der Waals surface area contributed by atoms with E-state index in [-0.39, 0.29) is 41.6 Å². The van der Waals surface area contributed by atoms with Crippen molar-refractivity contribution in [2.24, 2.45) is 28.9 Å². The first-order valence-corrected chi connectivity index (χ1v) is 11.7. The Labute approximate surface area is 195 Å². The van der Waals surface area contributed by atoms with Crippen molar-refractivity contribution >= 4 is 29.6 Å². The molecule has 2 unspecified atom stereocenters. The molecular formula is C23H38N4O6. The van der Waals surface area contributed by atoms with Crippen LogP contribution in [0.1, 0.15) is 61.3 Å². The molecule has 1 aliphatic heterocycles. The van der Waals surface area contributed by atoms with Gasteiger partial charge in [0.1, 0.15) is 12.1 Å². The Bertz CT molecular complexity index is 809. The maximum Gasteiger partial charge on any atom is 0.408 e. The second-order valence-corrected chi connectivity index (χ2v) is 10.3. The lowest BCUT2D eigenvalue weighted by Crippen LogP contribution is -2.59. The van der Waals surface area contributed by atoms with E-state index in [4.69, 9.17) is 10.5 Å². The van der Waals surface area contributed by atoms with Gasteiger partial charge in [-0.25, -0.2) is 4.79 Å². The standard InChI is InChI=1S/C23H38N4O6/c1-8-9-14(18(28)19(24)29)25-20(30)17-15-13(23(15,6)7)10-27(17)21(31)16(11(2)3)26-22(32)33-12(4)5/h11-17H,8-10H2,1-7H3,(H2,24,29)(H,25,30)(H,26,32)/t13-,14?,15?,16-,17-/m0/s1. The number of piperidine rings is 1. The molecule has 1 saturated heterocycles. The SMILES string of the molecule is CCCC(NC(=O)[C@@H]1C2[C@H](CN1C(=O)[C@@H](NC(=O)OC(C)C)C(C)C)C2(C)C)C(=O)C(N)=O. The third-order valence-electron chi connectivity index (χ3n) is 6.76. The fraction of sp³-hybridized carbons (Fsp3) is 0.783. The number of hydrogen-bond acceptors (Lipinski definition) is 6. The highest BCUT2D eigenvalue weighted by Gasteiger charge is 2.69. The Kier molecular flexibility index (Phi) is 8.13. The number of amides is 4. The quantitative estimate of drug-likeness (QED) is 0.409. The second-order valence-electron chi connectivity index (χ2n) is 10.3. The summed E-state index contributed by atoms with van der Waals surface area (Å²) in [7, 11) is 0. The lowest BCUT2D eigenvalue weighted by Gasteiger charge is -2.34. The minimum absolute atomic E-state index is 0.0807. The van der Waals surface area contributed by atoms with E-state index in [1.54, 1.807) is 27.7 Å². The highest BCUT2D eigenvalue weighted by Crippen LogP contribution is 2.64. The molecule has 0 bridgehead atoms. The van der Waals surface area contributed by atoms with Gasteiger partial charge in [-0.3, -0.25) is 19.2 Å². The highest BCUT2D eigenvalue weighted by atomic mass is 16.6. The lowest BCUT2D eigenvalue weighted by molar-refractivity contribution is -0.144. The van der Waals surface area contributed by atoms with Gasteiger partial charge >= 0.3 is 6.09 Å². The first-order chi connectivity index (χ1) is 15.2. The van der Waals surface area contributed by atoms with Gasteiger partial charge in [-0.2, -0.15) is 0 Å². The molecule has 10 heteroatoms. The molecule has 2 rings (SSSR count). The molecule has 186 valence electrons. The zero-order valence-corrected chi connectivity index (χ0v) is 20.6. The van der Waals surface area contributed by atoms with Gasteiger partial charge in [-0.05, 0) is 43.4 Å². The fourth-order valence-corrected chi connectivity index (χ4v) is 4.87. The van der Waals surface area contributed by atoms with Crippen molar-refractivity contribution < 1.29 is 28.7 Å². The summed E-state index contributed by atoms with van der Waals surface area (Å²) in [6, 6.07) is -2.70. The minimum Gasteiger partial charge on any atom is -0.447 e. The van der Waals surface area contributed by atoms with E-state index in [1.165, 1.54) is 4.90 Å². The Morgan fingerprint density at radius 1 is 1.09 bits per heavy atom. The van der Waals surface area contributed by atoms with Gasteiger partial charge in [-0.1, -0.05) is 41.0 Å². The van der Waals surface area contributed by atoms with E-state index in [1.807, 2.05) is 20.8 Å². The first-order valence-electron chi connectivity index (χ1n) is 11.7. The summed E-state index contributed by atoms with van der Waals surface area (Å²) in [6.45, 7) is 13.3. The van der Waals surface area contributed by atoms with Crippen molar-refractivity contribution in [3.8, 4) is 0 Å². The molecule has 1 heterocycles. The summed E-state index contributed by atoms with van der Waals surface area (Å²) in [4.78, 5) is 64.1. The van der Waals surface area contributed by atoms with Crippen LogP contribution in [0.4, 0.5) is 4.79 Å². The average Bonchev–Trinajstić information content (AvgIpc) is 3.04. The van der Waals surface area contributed by atoms with Gasteiger partial charge in [0, 0.05) is 6.54 Å². The first kappa shape index (κ1) is 26.6. The second kappa shape index (κ2) is 10.1. The van der Waals surface area contributed by atoms with E-state index in [2.05, 4.69) is 10.6 Å². The Morgan fingerprint density at radius 2 is 1.70 bits per heavy atom. The topological polar surface area (TPSA) is 148 Å². The Hall–Kier alpha value is -2.65. The smallest absolute Gasteiger partial charge is 0.408 e. The van der Waals surface area contributed by atoms with Crippen molar-refractivity contribution in [1.29, 1.82) is 0 Å². The summed E-state index contributed by atoms with van der Waals surface area (Å²) in [5.74, 6) is -3.01. The summed E-state index contributed by atoms with van der Waals surface area (Å²) in [6.07, 6.45) is -0.211. The number of primary amides is 1. The number of nitrogens with one attached hydrogen (secondary N) is 2. The number of likely N-dealkylation sites (tertiary alicyclic amines) is 1. The molecule has 0 aromatic rings. The zero-order valence-electron chi connectivity index (χ0n) is 20.6. The molecule has 0 radical (unpaired) electrons.